The van der Waals surface area contributed by atoms with Gasteiger partial charge in [0.25, 0.3) is 0 Å². The van der Waals surface area contributed by atoms with Gasteiger partial charge in [0.2, 0.25) is 5.91 Å². The maximum Gasteiger partial charge on any atom is 0.401 e. The van der Waals surface area contributed by atoms with Crippen LogP contribution in [-0.4, -0.2) is 25.2 Å². The molecule has 1 rings (SSSR count). The summed E-state index contributed by atoms with van der Waals surface area (Å²) in [5.41, 5.74) is 1.23. The Bertz CT molecular complexity index is 480. The van der Waals surface area contributed by atoms with Crippen LogP contribution >= 0.6 is 27.5 Å². The van der Waals surface area contributed by atoms with Crippen LogP contribution in [0.5, 0.6) is 0 Å². The standard InChI is InChI=1S/C11H11BrClF3N2O/c1-6-2-7(12)9(3-8(6)13)18-10(19)4-17-5-11(14,15)16/h2-3,17H,4-5H2,1H3,(H,18,19). The summed E-state index contributed by atoms with van der Waals surface area (Å²) in [7, 11) is 0. The van der Waals surface area contributed by atoms with Crippen LogP contribution in [0.25, 0.3) is 0 Å². The molecule has 0 aliphatic heterocycles. The number of anilines is 1. The third-order valence-electron chi connectivity index (χ3n) is 2.13. The average Bonchev–Trinajstić information content (AvgIpc) is 2.24. The molecular weight excluding hydrogens is 348 g/mol. The van der Waals surface area contributed by atoms with Crippen molar-refractivity contribution in [2.45, 2.75) is 13.1 Å². The minimum Gasteiger partial charge on any atom is -0.324 e. The third-order valence-corrected chi connectivity index (χ3v) is 3.20. The number of rotatable bonds is 4. The second-order valence-electron chi connectivity index (χ2n) is 3.85. The molecule has 2 N–H and O–H groups in total. The van der Waals surface area contributed by atoms with Crippen molar-refractivity contribution in [3.05, 3.63) is 27.2 Å². The van der Waals surface area contributed by atoms with E-state index in [1.54, 1.807) is 13.0 Å². The number of amides is 1. The highest BCUT2D eigenvalue weighted by molar-refractivity contribution is 9.10. The van der Waals surface area contributed by atoms with E-state index in [9.17, 15) is 18.0 Å². The SMILES string of the molecule is Cc1cc(Br)c(NC(=O)CNCC(F)(F)F)cc1Cl. The average molecular weight is 360 g/mol. The first-order valence-corrected chi connectivity index (χ1v) is 6.39. The second-order valence-corrected chi connectivity index (χ2v) is 5.11. The summed E-state index contributed by atoms with van der Waals surface area (Å²) in [5, 5.41) is 4.93. The molecule has 0 bridgehead atoms. The van der Waals surface area contributed by atoms with E-state index < -0.39 is 25.2 Å². The van der Waals surface area contributed by atoms with Gasteiger partial charge in [-0.2, -0.15) is 13.2 Å². The Balaban J connectivity index is 2.56. The molecule has 0 saturated carbocycles. The zero-order chi connectivity index (χ0) is 14.6. The van der Waals surface area contributed by atoms with E-state index in [2.05, 4.69) is 21.2 Å². The lowest BCUT2D eigenvalue weighted by molar-refractivity contribution is -0.126. The van der Waals surface area contributed by atoms with E-state index in [-0.39, 0.29) is 0 Å². The molecule has 8 heteroatoms. The maximum absolute atomic E-state index is 11.9. The van der Waals surface area contributed by atoms with Gasteiger partial charge in [-0.15, -0.1) is 0 Å². The first-order valence-electron chi connectivity index (χ1n) is 5.22. The molecule has 0 unspecified atom stereocenters. The molecule has 0 aromatic heterocycles. The van der Waals surface area contributed by atoms with E-state index in [4.69, 9.17) is 11.6 Å². The molecule has 0 spiro atoms. The van der Waals surface area contributed by atoms with Crippen LogP contribution in [0, 0.1) is 6.92 Å². The van der Waals surface area contributed by atoms with Crippen LogP contribution in [0.2, 0.25) is 5.02 Å². The van der Waals surface area contributed by atoms with Gasteiger partial charge in [0.15, 0.2) is 0 Å². The van der Waals surface area contributed by atoms with Crippen LogP contribution in [-0.2, 0) is 4.79 Å². The van der Waals surface area contributed by atoms with Crippen LogP contribution in [0.3, 0.4) is 0 Å². The summed E-state index contributed by atoms with van der Waals surface area (Å²) in [6.07, 6.45) is -4.34. The highest BCUT2D eigenvalue weighted by Gasteiger charge is 2.26. The number of carbonyl (C=O) groups is 1. The van der Waals surface area contributed by atoms with Crippen LogP contribution < -0.4 is 10.6 Å². The Kier molecular flexibility index (Phi) is 5.64. The lowest BCUT2D eigenvalue weighted by Crippen LogP contribution is -2.35. The fourth-order valence-corrected chi connectivity index (χ4v) is 1.97. The van der Waals surface area contributed by atoms with Crippen molar-refractivity contribution in [2.75, 3.05) is 18.4 Å². The predicted molar refractivity (Wildman–Crippen MR) is 71.4 cm³/mol. The lowest BCUT2D eigenvalue weighted by Gasteiger charge is -2.11. The molecule has 1 aromatic carbocycles. The van der Waals surface area contributed by atoms with Crippen molar-refractivity contribution in [1.29, 1.82) is 0 Å². The van der Waals surface area contributed by atoms with Crippen LogP contribution in [0.15, 0.2) is 16.6 Å². The highest BCUT2D eigenvalue weighted by Crippen LogP contribution is 2.29. The van der Waals surface area contributed by atoms with Gasteiger partial charge in [-0.25, -0.2) is 0 Å². The van der Waals surface area contributed by atoms with Gasteiger partial charge in [0.05, 0.1) is 18.8 Å². The monoisotopic (exact) mass is 358 g/mol. The number of alkyl halides is 3. The topological polar surface area (TPSA) is 41.1 Å². The zero-order valence-electron chi connectivity index (χ0n) is 9.87. The minimum atomic E-state index is -4.34. The Labute approximate surface area is 121 Å². The molecule has 1 aromatic rings. The van der Waals surface area contributed by atoms with E-state index in [0.29, 0.717) is 15.2 Å². The summed E-state index contributed by atoms with van der Waals surface area (Å²) >= 11 is 9.13. The van der Waals surface area contributed by atoms with Gasteiger partial charge in [0, 0.05) is 9.50 Å². The van der Waals surface area contributed by atoms with Gasteiger partial charge in [-0.3, -0.25) is 4.79 Å². The van der Waals surface area contributed by atoms with Gasteiger partial charge >= 0.3 is 6.18 Å². The largest absolute Gasteiger partial charge is 0.401 e. The van der Waals surface area contributed by atoms with Crippen molar-refractivity contribution in [1.82, 2.24) is 5.32 Å². The van der Waals surface area contributed by atoms with Gasteiger partial charge < -0.3 is 10.6 Å². The number of hydrogen-bond acceptors (Lipinski definition) is 2. The molecule has 1 amide bonds. The first kappa shape index (κ1) is 16.3. The number of hydrogen-bond donors (Lipinski definition) is 2. The van der Waals surface area contributed by atoms with Crippen molar-refractivity contribution in [2.24, 2.45) is 0 Å². The van der Waals surface area contributed by atoms with Gasteiger partial charge in [-0.1, -0.05) is 11.6 Å². The maximum atomic E-state index is 11.9. The van der Waals surface area contributed by atoms with Crippen LogP contribution in [0.4, 0.5) is 18.9 Å². The lowest BCUT2D eigenvalue weighted by atomic mass is 10.2. The highest BCUT2D eigenvalue weighted by atomic mass is 79.9. The number of halogens is 5. The Hall–Kier alpha value is -0.790. The fourth-order valence-electron chi connectivity index (χ4n) is 1.25. The fraction of sp³-hybridized carbons (Fsp3) is 0.364. The van der Waals surface area contributed by atoms with E-state index in [1.807, 2.05) is 5.32 Å². The summed E-state index contributed by atoms with van der Waals surface area (Å²) in [4.78, 5) is 11.4. The summed E-state index contributed by atoms with van der Waals surface area (Å²) in [6, 6.07) is 3.24. The van der Waals surface area contributed by atoms with Gasteiger partial charge in [-0.05, 0) is 40.5 Å². The van der Waals surface area contributed by atoms with Crippen molar-refractivity contribution < 1.29 is 18.0 Å². The molecule has 0 atom stereocenters. The number of aryl methyl sites for hydroxylation is 1. The Morgan fingerprint density at radius 3 is 2.63 bits per heavy atom. The zero-order valence-corrected chi connectivity index (χ0v) is 12.2. The minimum absolute atomic E-state index is 0.411. The second kappa shape index (κ2) is 6.58. The summed E-state index contributed by atoms with van der Waals surface area (Å²) in [5.74, 6) is -0.579. The molecule has 0 radical (unpaired) electrons. The summed E-state index contributed by atoms with van der Waals surface area (Å²) in [6.45, 7) is 0.150. The number of benzene rings is 1. The molecule has 106 valence electrons. The van der Waals surface area contributed by atoms with Crippen LogP contribution in [0.1, 0.15) is 5.56 Å². The molecule has 0 heterocycles. The van der Waals surface area contributed by atoms with Crippen molar-refractivity contribution >= 4 is 39.1 Å². The molecule has 0 saturated heterocycles. The first-order chi connectivity index (χ1) is 8.69. The number of carbonyl (C=O) groups excluding carboxylic acids is 1. The normalized spacial score (nSPS) is 11.5. The van der Waals surface area contributed by atoms with E-state index in [0.717, 1.165) is 5.56 Å². The quantitative estimate of drug-likeness (QED) is 0.864. The molecular formula is C11H11BrClF3N2O. The van der Waals surface area contributed by atoms with E-state index in [1.165, 1.54) is 6.07 Å². The molecule has 0 fully saturated rings. The predicted octanol–water partition coefficient (Wildman–Crippen LogP) is 3.50. The summed E-state index contributed by atoms with van der Waals surface area (Å²) < 4.78 is 36.2. The van der Waals surface area contributed by atoms with Crippen molar-refractivity contribution in [3.63, 3.8) is 0 Å². The molecule has 19 heavy (non-hydrogen) atoms. The van der Waals surface area contributed by atoms with Crippen molar-refractivity contribution in [3.8, 4) is 0 Å². The third kappa shape index (κ3) is 5.80. The molecule has 0 aliphatic carbocycles. The molecule has 3 nitrogen and oxygen atoms in total. The van der Waals surface area contributed by atoms with Gasteiger partial charge in [0.1, 0.15) is 0 Å². The Morgan fingerprint density at radius 1 is 1.42 bits per heavy atom. The molecule has 0 aliphatic rings. The Morgan fingerprint density at radius 2 is 2.05 bits per heavy atom. The smallest absolute Gasteiger partial charge is 0.324 e. The van der Waals surface area contributed by atoms with E-state index >= 15 is 0 Å². The number of nitrogens with one attached hydrogen (secondary N) is 2.